The van der Waals surface area contributed by atoms with Crippen LogP contribution in [-0.2, 0) is 6.42 Å². The third-order valence-electron chi connectivity index (χ3n) is 4.46. The van der Waals surface area contributed by atoms with Gasteiger partial charge >= 0.3 is 0 Å². The largest absolute Gasteiger partial charge is 0.198 e. The van der Waals surface area contributed by atoms with Crippen molar-refractivity contribution in [2.45, 2.75) is 6.42 Å². The van der Waals surface area contributed by atoms with Gasteiger partial charge in [0.15, 0.2) is 0 Å². The lowest BCUT2D eigenvalue weighted by molar-refractivity contribution is 0.916. The van der Waals surface area contributed by atoms with E-state index >= 15 is 0 Å². The lowest BCUT2D eigenvalue weighted by Gasteiger charge is -2.13. The molecule has 5 aromatic rings. The summed E-state index contributed by atoms with van der Waals surface area (Å²) in [7, 11) is 0. The van der Waals surface area contributed by atoms with Crippen molar-refractivity contribution < 1.29 is 0 Å². The second-order valence-electron chi connectivity index (χ2n) is 5.72. The predicted octanol–water partition coefficient (Wildman–Crippen LogP) is 4.29. The maximum Gasteiger partial charge on any atom is 0.0868 e. The van der Waals surface area contributed by atoms with Gasteiger partial charge in [-0.25, -0.2) is 0 Å². The molecule has 3 nitrogen and oxygen atoms in total. The number of benzene rings is 4. The van der Waals surface area contributed by atoms with E-state index in [0.717, 1.165) is 12.1 Å². The van der Waals surface area contributed by atoms with E-state index < -0.39 is 0 Å². The minimum absolute atomic E-state index is 0.796. The summed E-state index contributed by atoms with van der Waals surface area (Å²) in [6.45, 7) is 0. The summed E-state index contributed by atoms with van der Waals surface area (Å²) in [4.78, 5) is 0. The van der Waals surface area contributed by atoms with Gasteiger partial charge in [0.05, 0.1) is 11.9 Å². The van der Waals surface area contributed by atoms with Gasteiger partial charge in [0.25, 0.3) is 0 Å². The number of nitrogens with zero attached hydrogens (tertiary/aromatic N) is 2. The van der Waals surface area contributed by atoms with E-state index in [2.05, 4.69) is 70.0 Å². The Morgan fingerprint density at radius 1 is 0.773 bits per heavy atom. The molecule has 0 saturated carbocycles. The van der Waals surface area contributed by atoms with Crippen LogP contribution in [0.15, 0.2) is 60.8 Å². The topological polar surface area (TPSA) is 41.6 Å². The summed E-state index contributed by atoms with van der Waals surface area (Å²) in [5, 5.41) is 18.7. The Kier molecular flexibility index (Phi) is 2.27. The first-order chi connectivity index (χ1) is 10.9. The highest BCUT2D eigenvalue weighted by atomic mass is 15.3. The zero-order valence-electron chi connectivity index (χ0n) is 11.9. The van der Waals surface area contributed by atoms with Crippen LogP contribution in [0.5, 0.6) is 0 Å². The van der Waals surface area contributed by atoms with E-state index in [9.17, 15) is 0 Å². The molecule has 1 heterocycles. The minimum Gasteiger partial charge on any atom is -0.198 e. The Hall–Kier alpha value is -2.94. The van der Waals surface area contributed by atoms with Crippen molar-refractivity contribution >= 4 is 32.3 Å². The second-order valence-corrected chi connectivity index (χ2v) is 5.72. The highest BCUT2D eigenvalue weighted by Gasteiger charge is 2.11. The smallest absolute Gasteiger partial charge is 0.0868 e. The van der Waals surface area contributed by atoms with Crippen LogP contribution in [0.4, 0.5) is 0 Å². The quantitative estimate of drug-likeness (QED) is 0.491. The molecule has 22 heavy (non-hydrogen) atoms. The molecule has 5 rings (SSSR count). The molecule has 0 atom stereocenters. The molecule has 0 radical (unpaired) electrons. The predicted molar refractivity (Wildman–Crippen MR) is 89.3 cm³/mol. The number of rotatable bonds is 2. The van der Waals surface area contributed by atoms with E-state index in [1.165, 1.54) is 37.9 Å². The minimum atomic E-state index is 0.796. The SMILES string of the molecule is c1cc2ccc3ccc(Cc4cn[nH]n4)c4ccc(c1)c2c34. The molecule has 104 valence electrons. The van der Waals surface area contributed by atoms with Crippen molar-refractivity contribution in [3.8, 4) is 0 Å². The molecule has 0 fully saturated rings. The van der Waals surface area contributed by atoms with Crippen molar-refractivity contribution in [3.05, 3.63) is 72.1 Å². The van der Waals surface area contributed by atoms with Gasteiger partial charge < -0.3 is 0 Å². The van der Waals surface area contributed by atoms with Gasteiger partial charge in [-0.3, -0.25) is 0 Å². The second kappa shape index (κ2) is 4.28. The van der Waals surface area contributed by atoms with Gasteiger partial charge in [-0.05, 0) is 37.9 Å². The first-order valence-electron chi connectivity index (χ1n) is 7.40. The van der Waals surface area contributed by atoms with E-state index in [1.54, 1.807) is 6.20 Å². The Bertz CT molecular complexity index is 1080. The summed E-state index contributed by atoms with van der Waals surface area (Å²) in [5.74, 6) is 0. The fourth-order valence-corrected chi connectivity index (χ4v) is 3.46. The van der Waals surface area contributed by atoms with E-state index in [0.29, 0.717) is 0 Å². The first-order valence-corrected chi connectivity index (χ1v) is 7.40. The third kappa shape index (κ3) is 1.56. The van der Waals surface area contributed by atoms with E-state index in [4.69, 9.17) is 0 Å². The summed E-state index contributed by atoms with van der Waals surface area (Å²) in [6.07, 6.45) is 2.59. The van der Waals surface area contributed by atoms with Gasteiger partial charge in [-0.15, -0.1) is 0 Å². The zero-order valence-corrected chi connectivity index (χ0v) is 11.9. The third-order valence-corrected chi connectivity index (χ3v) is 4.46. The Labute approximate surface area is 126 Å². The molecule has 0 amide bonds. The molecule has 0 aliphatic rings. The highest BCUT2D eigenvalue weighted by Crippen LogP contribution is 2.36. The van der Waals surface area contributed by atoms with Crippen LogP contribution in [-0.4, -0.2) is 15.4 Å². The molecular weight excluding hydrogens is 270 g/mol. The Morgan fingerprint density at radius 2 is 1.50 bits per heavy atom. The monoisotopic (exact) mass is 283 g/mol. The lowest BCUT2D eigenvalue weighted by atomic mass is 9.91. The van der Waals surface area contributed by atoms with Gasteiger partial charge in [0, 0.05) is 6.42 Å². The van der Waals surface area contributed by atoms with Crippen molar-refractivity contribution in [1.82, 2.24) is 15.4 Å². The van der Waals surface area contributed by atoms with Crippen LogP contribution in [0.3, 0.4) is 0 Å². The number of hydrogen-bond acceptors (Lipinski definition) is 2. The zero-order chi connectivity index (χ0) is 14.5. The number of H-pyrrole nitrogens is 1. The molecule has 0 saturated heterocycles. The van der Waals surface area contributed by atoms with Crippen molar-refractivity contribution in [2.75, 3.05) is 0 Å². The maximum absolute atomic E-state index is 4.18. The molecule has 0 aliphatic heterocycles. The number of aromatic amines is 1. The van der Waals surface area contributed by atoms with Crippen molar-refractivity contribution in [3.63, 3.8) is 0 Å². The van der Waals surface area contributed by atoms with Crippen LogP contribution >= 0.6 is 0 Å². The van der Waals surface area contributed by atoms with Gasteiger partial charge in [0.2, 0.25) is 0 Å². The number of aromatic nitrogens is 3. The number of nitrogens with one attached hydrogen (secondary N) is 1. The van der Waals surface area contributed by atoms with Crippen LogP contribution in [0.2, 0.25) is 0 Å². The van der Waals surface area contributed by atoms with Crippen LogP contribution in [0.25, 0.3) is 32.3 Å². The average molecular weight is 283 g/mol. The summed E-state index contributed by atoms with van der Waals surface area (Å²) >= 11 is 0. The molecule has 1 aromatic heterocycles. The van der Waals surface area contributed by atoms with Crippen LogP contribution in [0.1, 0.15) is 11.3 Å². The Morgan fingerprint density at radius 3 is 2.27 bits per heavy atom. The lowest BCUT2D eigenvalue weighted by Crippen LogP contribution is -1.92. The fourth-order valence-electron chi connectivity index (χ4n) is 3.46. The molecular formula is C19H13N3. The van der Waals surface area contributed by atoms with E-state index in [-0.39, 0.29) is 0 Å². The molecule has 1 N–H and O–H groups in total. The van der Waals surface area contributed by atoms with Gasteiger partial charge in [0.1, 0.15) is 0 Å². The standard InChI is InChI=1S/C19H13N3/c1-2-12-4-5-14-6-7-15(10-16-11-20-22-21-16)17-9-8-13(3-1)18(12)19(14)17/h1-9,11H,10H2,(H,20,21,22). The van der Waals surface area contributed by atoms with Gasteiger partial charge in [-0.2, -0.15) is 15.4 Å². The first kappa shape index (κ1) is 11.7. The maximum atomic E-state index is 4.18. The molecule has 4 aromatic carbocycles. The van der Waals surface area contributed by atoms with E-state index in [1.807, 2.05) is 0 Å². The van der Waals surface area contributed by atoms with Crippen LogP contribution in [0, 0.1) is 0 Å². The average Bonchev–Trinajstić information content (AvgIpc) is 3.07. The van der Waals surface area contributed by atoms with Crippen molar-refractivity contribution in [2.24, 2.45) is 0 Å². The van der Waals surface area contributed by atoms with Gasteiger partial charge in [-0.1, -0.05) is 54.6 Å². The normalized spacial score (nSPS) is 11.8. The molecule has 0 unspecified atom stereocenters. The summed E-state index contributed by atoms with van der Waals surface area (Å²) in [5.41, 5.74) is 2.26. The molecule has 0 spiro atoms. The summed E-state index contributed by atoms with van der Waals surface area (Å²) < 4.78 is 0. The fraction of sp³-hybridized carbons (Fsp3) is 0.0526. The Balaban J connectivity index is 1.89. The van der Waals surface area contributed by atoms with Crippen LogP contribution < -0.4 is 0 Å². The number of hydrogen-bond donors (Lipinski definition) is 1. The molecule has 3 heteroatoms. The molecule has 0 aliphatic carbocycles. The van der Waals surface area contributed by atoms with Crippen molar-refractivity contribution in [1.29, 1.82) is 0 Å². The molecule has 0 bridgehead atoms. The highest BCUT2D eigenvalue weighted by molar-refractivity contribution is 6.23. The summed E-state index contributed by atoms with van der Waals surface area (Å²) in [6, 6.07) is 19.8.